The lowest BCUT2D eigenvalue weighted by molar-refractivity contribution is 0.102. The summed E-state index contributed by atoms with van der Waals surface area (Å²) < 4.78 is 0. The summed E-state index contributed by atoms with van der Waals surface area (Å²) in [6.07, 6.45) is 0. The summed E-state index contributed by atoms with van der Waals surface area (Å²) in [5, 5.41) is 5.24. The summed E-state index contributed by atoms with van der Waals surface area (Å²) in [6.45, 7) is 7.97. The number of pyridine rings is 1. The standard InChI is InChI=1S/C14H18N4OS/c1-8-7-20-13(16-8)18-12(19)9-5-10(14(2,3)4)17-11(15)6-9/h5-7H,1-4H3,(H2,15,17)(H,16,18,19). The molecule has 5 nitrogen and oxygen atoms in total. The largest absolute Gasteiger partial charge is 0.384 e. The third-order valence-electron chi connectivity index (χ3n) is 2.72. The predicted molar refractivity (Wildman–Crippen MR) is 82.2 cm³/mol. The van der Waals surface area contributed by atoms with Crippen LogP contribution in [-0.4, -0.2) is 15.9 Å². The van der Waals surface area contributed by atoms with Crippen LogP contribution in [0.4, 0.5) is 10.9 Å². The highest BCUT2D eigenvalue weighted by Crippen LogP contribution is 2.23. The molecule has 0 saturated heterocycles. The summed E-state index contributed by atoms with van der Waals surface area (Å²) in [7, 11) is 0. The first kappa shape index (κ1) is 14.5. The summed E-state index contributed by atoms with van der Waals surface area (Å²) in [4.78, 5) is 20.7. The van der Waals surface area contributed by atoms with Crippen LogP contribution in [0, 0.1) is 6.92 Å². The van der Waals surface area contributed by atoms with Crippen LogP contribution in [0.5, 0.6) is 0 Å². The molecule has 0 aliphatic rings. The fraction of sp³-hybridized carbons (Fsp3) is 0.357. The molecular weight excluding hydrogens is 272 g/mol. The number of hydrogen-bond acceptors (Lipinski definition) is 5. The number of carbonyl (C=O) groups excluding carboxylic acids is 1. The number of nitrogen functional groups attached to an aromatic ring is 1. The fourth-order valence-corrected chi connectivity index (χ4v) is 2.33. The van der Waals surface area contributed by atoms with Gasteiger partial charge in [-0.25, -0.2) is 9.97 Å². The Balaban J connectivity index is 2.28. The van der Waals surface area contributed by atoms with Gasteiger partial charge in [0.1, 0.15) is 5.82 Å². The minimum Gasteiger partial charge on any atom is -0.384 e. The molecule has 0 aliphatic heterocycles. The predicted octanol–water partition coefficient (Wildman–Crippen LogP) is 2.98. The normalized spacial score (nSPS) is 11.4. The minimum absolute atomic E-state index is 0.165. The molecule has 0 atom stereocenters. The quantitative estimate of drug-likeness (QED) is 0.891. The van der Waals surface area contributed by atoms with Crippen LogP contribution in [0.25, 0.3) is 0 Å². The topological polar surface area (TPSA) is 80.9 Å². The number of carbonyl (C=O) groups is 1. The van der Waals surface area contributed by atoms with Gasteiger partial charge in [-0.05, 0) is 19.1 Å². The number of amides is 1. The summed E-state index contributed by atoms with van der Waals surface area (Å²) in [5.74, 6) is 0.122. The molecule has 1 amide bonds. The molecule has 20 heavy (non-hydrogen) atoms. The highest BCUT2D eigenvalue weighted by molar-refractivity contribution is 7.13. The minimum atomic E-state index is -0.223. The van der Waals surface area contributed by atoms with Gasteiger partial charge in [0.15, 0.2) is 5.13 Å². The van der Waals surface area contributed by atoms with Crippen LogP contribution in [0.2, 0.25) is 0 Å². The van der Waals surface area contributed by atoms with Gasteiger partial charge in [0.05, 0.1) is 5.69 Å². The molecule has 0 unspecified atom stereocenters. The molecule has 0 radical (unpaired) electrons. The summed E-state index contributed by atoms with van der Waals surface area (Å²) in [6, 6.07) is 3.34. The van der Waals surface area contributed by atoms with Crippen LogP contribution in [0.15, 0.2) is 17.5 Å². The third-order valence-corrected chi connectivity index (χ3v) is 3.59. The van der Waals surface area contributed by atoms with E-state index in [0.717, 1.165) is 11.4 Å². The van der Waals surface area contributed by atoms with Crippen molar-refractivity contribution in [3.8, 4) is 0 Å². The number of aromatic nitrogens is 2. The zero-order valence-electron chi connectivity index (χ0n) is 12.0. The van der Waals surface area contributed by atoms with E-state index in [2.05, 4.69) is 15.3 Å². The van der Waals surface area contributed by atoms with Gasteiger partial charge in [-0.3, -0.25) is 10.1 Å². The zero-order valence-corrected chi connectivity index (χ0v) is 12.8. The average Bonchev–Trinajstić information content (AvgIpc) is 2.72. The molecule has 3 N–H and O–H groups in total. The Labute approximate surface area is 122 Å². The Morgan fingerprint density at radius 3 is 2.55 bits per heavy atom. The fourth-order valence-electron chi connectivity index (χ4n) is 1.65. The molecule has 0 bridgehead atoms. The first-order valence-electron chi connectivity index (χ1n) is 6.27. The van der Waals surface area contributed by atoms with Gasteiger partial charge in [0, 0.05) is 22.1 Å². The van der Waals surface area contributed by atoms with E-state index in [1.54, 1.807) is 12.1 Å². The van der Waals surface area contributed by atoms with Gasteiger partial charge < -0.3 is 5.73 Å². The SMILES string of the molecule is Cc1csc(NC(=O)c2cc(N)nc(C(C)(C)C)c2)n1. The van der Waals surface area contributed by atoms with Crippen LogP contribution < -0.4 is 11.1 Å². The molecule has 0 spiro atoms. The first-order valence-corrected chi connectivity index (χ1v) is 7.15. The molecule has 0 aromatic carbocycles. The van der Waals surface area contributed by atoms with E-state index in [0.29, 0.717) is 16.5 Å². The summed E-state index contributed by atoms with van der Waals surface area (Å²) in [5.41, 5.74) is 7.79. The first-order chi connectivity index (χ1) is 9.25. The third kappa shape index (κ3) is 3.33. The second-order valence-electron chi connectivity index (χ2n) is 5.66. The molecule has 2 aromatic heterocycles. The molecule has 2 rings (SSSR count). The molecule has 0 fully saturated rings. The van der Waals surface area contributed by atoms with Gasteiger partial charge in [0.25, 0.3) is 5.91 Å². The van der Waals surface area contributed by atoms with E-state index in [4.69, 9.17) is 5.73 Å². The number of rotatable bonds is 2. The maximum Gasteiger partial charge on any atom is 0.257 e. The van der Waals surface area contributed by atoms with Gasteiger partial charge in [-0.1, -0.05) is 20.8 Å². The number of nitrogens with two attached hydrogens (primary N) is 1. The number of thiazole rings is 1. The molecule has 2 heterocycles. The van der Waals surface area contributed by atoms with E-state index < -0.39 is 0 Å². The van der Waals surface area contributed by atoms with Crippen molar-refractivity contribution < 1.29 is 4.79 Å². The van der Waals surface area contributed by atoms with Crippen LogP contribution in [-0.2, 0) is 5.41 Å². The Morgan fingerprint density at radius 2 is 2.00 bits per heavy atom. The van der Waals surface area contributed by atoms with E-state index in [1.807, 2.05) is 33.1 Å². The second-order valence-corrected chi connectivity index (χ2v) is 6.52. The van der Waals surface area contributed by atoms with Crippen molar-refractivity contribution in [2.75, 3.05) is 11.1 Å². The van der Waals surface area contributed by atoms with Crippen LogP contribution in [0.1, 0.15) is 42.5 Å². The van der Waals surface area contributed by atoms with Crippen molar-refractivity contribution in [1.29, 1.82) is 0 Å². The number of nitrogens with one attached hydrogen (secondary N) is 1. The van der Waals surface area contributed by atoms with Crippen molar-refractivity contribution in [2.45, 2.75) is 33.1 Å². The van der Waals surface area contributed by atoms with Crippen molar-refractivity contribution in [2.24, 2.45) is 0 Å². The molecular formula is C14H18N4OS. The van der Waals surface area contributed by atoms with E-state index >= 15 is 0 Å². The smallest absolute Gasteiger partial charge is 0.257 e. The maximum atomic E-state index is 12.2. The van der Waals surface area contributed by atoms with Crippen molar-refractivity contribution in [3.05, 3.63) is 34.5 Å². The number of nitrogens with zero attached hydrogens (tertiary/aromatic N) is 2. The number of aryl methyl sites for hydroxylation is 1. The van der Waals surface area contributed by atoms with Gasteiger partial charge in [-0.2, -0.15) is 0 Å². The molecule has 2 aromatic rings. The highest BCUT2D eigenvalue weighted by Gasteiger charge is 2.19. The lowest BCUT2D eigenvalue weighted by Gasteiger charge is -2.18. The van der Waals surface area contributed by atoms with Crippen molar-refractivity contribution >= 4 is 28.2 Å². The van der Waals surface area contributed by atoms with E-state index in [1.165, 1.54) is 11.3 Å². The van der Waals surface area contributed by atoms with Crippen LogP contribution in [0.3, 0.4) is 0 Å². The van der Waals surface area contributed by atoms with E-state index in [-0.39, 0.29) is 11.3 Å². The van der Waals surface area contributed by atoms with E-state index in [9.17, 15) is 4.79 Å². The Bertz CT molecular complexity index is 643. The molecule has 0 aliphatic carbocycles. The van der Waals surface area contributed by atoms with Crippen molar-refractivity contribution in [1.82, 2.24) is 9.97 Å². The van der Waals surface area contributed by atoms with Crippen LogP contribution >= 0.6 is 11.3 Å². The molecule has 0 saturated carbocycles. The summed E-state index contributed by atoms with van der Waals surface area (Å²) >= 11 is 1.40. The Morgan fingerprint density at radius 1 is 1.30 bits per heavy atom. The Hall–Kier alpha value is -1.95. The number of anilines is 2. The highest BCUT2D eigenvalue weighted by atomic mass is 32.1. The molecule has 6 heteroatoms. The van der Waals surface area contributed by atoms with Gasteiger partial charge >= 0.3 is 0 Å². The Kier molecular flexibility index (Phi) is 3.76. The average molecular weight is 290 g/mol. The molecule has 106 valence electrons. The van der Waals surface area contributed by atoms with Crippen molar-refractivity contribution in [3.63, 3.8) is 0 Å². The number of hydrogen-bond donors (Lipinski definition) is 2. The monoisotopic (exact) mass is 290 g/mol. The zero-order chi connectivity index (χ0) is 14.9. The van der Waals surface area contributed by atoms with Gasteiger partial charge in [-0.15, -0.1) is 11.3 Å². The second kappa shape index (κ2) is 5.20. The lowest BCUT2D eigenvalue weighted by Crippen LogP contribution is -2.18. The lowest BCUT2D eigenvalue weighted by atomic mass is 9.90. The van der Waals surface area contributed by atoms with Gasteiger partial charge in [0.2, 0.25) is 0 Å². The maximum absolute atomic E-state index is 12.2.